The monoisotopic (exact) mass is 964 g/mol. The molecule has 1 heterocycles. The van der Waals surface area contributed by atoms with Crippen molar-refractivity contribution in [2.24, 2.45) is 0 Å². The van der Waals surface area contributed by atoms with Crippen LogP contribution >= 0.6 is 0 Å². The van der Waals surface area contributed by atoms with E-state index in [-0.39, 0.29) is 0 Å². The van der Waals surface area contributed by atoms with Gasteiger partial charge in [0.1, 0.15) is 0 Å². The maximum atomic E-state index is 2.49. The fourth-order valence-electron chi connectivity index (χ4n) is 14.2. The van der Waals surface area contributed by atoms with Crippen molar-refractivity contribution in [3.63, 3.8) is 0 Å². The SMILES string of the molecule is c1ccc(-c2ccc(N(c3ccc4c(c3)-c3ccccc3C43c4ccccc4-c4ccccc43)c3ccc4c(c3)c3c(C5(c6ccccc6)c6ccccc6-c6ccccc65)cccc3n4-c3ccccc3)cc2)cc1. The van der Waals surface area contributed by atoms with Crippen molar-refractivity contribution in [1.29, 1.82) is 0 Å². The van der Waals surface area contributed by atoms with Crippen molar-refractivity contribution < 1.29 is 0 Å². The van der Waals surface area contributed by atoms with Crippen LogP contribution in [0, 0.1) is 0 Å². The molecule has 13 aromatic rings. The lowest BCUT2D eigenvalue weighted by Crippen LogP contribution is -2.28. The lowest BCUT2D eigenvalue weighted by atomic mass is 9.66. The molecule has 0 fully saturated rings. The van der Waals surface area contributed by atoms with Crippen LogP contribution in [0.5, 0.6) is 0 Å². The number of hydrogen-bond acceptors (Lipinski definition) is 1. The Kier molecular flexibility index (Phi) is 9.20. The largest absolute Gasteiger partial charge is 0.310 e. The molecule has 0 N–H and O–H groups in total. The average molecular weight is 965 g/mol. The summed E-state index contributed by atoms with van der Waals surface area (Å²) in [5, 5.41) is 2.43. The van der Waals surface area contributed by atoms with Gasteiger partial charge in [-0.05, 0) is 150 Å². The van der Waals surface area contributed by atoms with Gasteiger partial charge < -0.3 is 9.47 Å². The van der Waals surface area contributed by atoms with Crippen molar-refractivity contribution in [2.75, 3.05) is 4.90 Å². The van der Waals surface area contributed by atoms with Crippen LogP contribution in [0.3, 0.4) is 0 Å². The van der Waals surface area contributed by atoms with Gasteiger partial charge in [0, 0.05) is 33.5 Å². The van der Waals surface area contributed by atoms with E-state index in [1.807, 2.05) is 0 Å². The molecule has 2 heteroatoms. The molecule has 12 aromatic carbocycles. The fraction of sp³-hybridized carbons (Fsp3) is 0.0270. The molecule has 2 nitrogen and oxygen atoms in total. The molecule has 3 aliphatic carbocycles. The van der Waals surface area contributed by atoms with Crippen molar-refractivity contribution in [1.82, 2.24) is 4.57 Å². The zero-order valence-corrected chi connectivity index (χ0v) is 41.6. The van der Waals surface area contributed by atoms with Crippen molar-refractivity contribution in [3.8, 4) is 50.2 Å². The Bertz CT molecular complexity index is 4360. The second-order valence-corrected chi connectivity index (χ2v) is 20.6. The molecule has 0 saturated carbocycles. The summed E-state index contributed by atoms with van der Waals surface area (Å²) in [6.07, 6.45) is 0. The van der Waals surface area contributed by atoms with E-state index < -0.39 is 10.8 Å². The Morgan fingerprint density at radius 1 is 0.263 bits per heavy atom. The molecular weight excluding hydrogens is 917 g/mol. The maximum absolute atomic E-state index is 2.49. The topological polar surface area (TPSA) is 8.17 Å². The minimum absolute atomic E-state index is 0.430. The second kappa shape index (κ2) is 16.4. The highest BCUT2D eigenvalue weighted by atomic mass is 15.1. The van der Waals surface area contributed by atoms with E-state index in [1.165, 1.54) is 105 Å². The van der Waals surface area contributed by atoms with Gasteiger partial charge in [0.05, 0.1) is 21.9 Å². The number of hydrogen-bond donors (Lipinski definition) is 0. The zero-order chi connectivity index (χ0) is 50.0. The Morgan fingerprint density at radius 3 is 1.26 bits per heavy atom. The lowest BCUT2D eigenvalue weighted by molar-refractivity contribution is 0.777. The second-order valence-electron chi connectivity index (χ2n) is 20.6. The summed E-state index contributed by atoms with van der Waals surface area (Å²) in [6, 6.07) is 109. The minimum atomic E-state index is -0.604. The van der Waals surface area contributed by atoms with Gasteiger partial charge >= 0.3 is 0 Å². The van der Waals surface area contributed by atoms with Crippen molar-refractivity contribution >= 4 is 38.9 Å². The van der Waals surface area contributed by atoms with Crippen LogP contribution in [-0.4, -0.2) is 4.57 Å². The van der Waals surface area contributed by atoms with Crippen LogP contribution in [0.2, 0.25) is 0 Å². The lowest BCUT2D eigenvalue weighted by Gasteiger charge is -2.34. The maximum Gasteiger partial charge on any atom is 0.0725 e. The predicted octanol–water partition coefficient (Wildman–Crippen LogP) is 18.6. The number of anilines is 3. The molecule has 0 bridgehead atoms. The molecule has 0 radical (unpaired) electrons. The van der Waals surface area contributed by atoms with E-state index in [9.17, 15) is 0 Å². The van der Waals surface area contributed by atoms with Crippen molar-refractivity contribution in [2.45, 2.75) is 10.8 Å². The highest BCUT2D eigenvalue weighted by molar-refractivity contribution is 6.14. The summed E-state index contributed by atoms with van der Waals surface area (Å²) < 4.78 is 2.48. The predicted molar refractivity (Wildman–Crippen MR) is 315 cm³/mol. The quantitative estimate of drug-likeness (QED) is 0.155. The highest BCUT2D eigenvalue weighted by Crippen LogP contribution is 2.64. The Balaban J connectivity index is 0.979. The summed E-state index contributed by atoms with van der Waals surface area (Å²) in [4.78, 5) is 2.49. The van der Waals surface area contributed by atoms with Crippen LogP contribution in [0.15, 0.2) is 291 Å². The molecule has 3 aliphatic rings. The molecule has 354 valence electrons. The summed E-state index contributed by atoms with van der Waals surface area (Å²) in [5.74, 6) is 0. The molecule has 0 unspecified atom stereocenters. The first-order valence-electron chi connectivity index (χ1n) is 26.5. The van der Waals surface area contributed by atoms with Gasteiger partial charge in [-0.3, -0.25) is 0 Å². The van der Waals surface area contributed by atoms with Crippen LogP contribution in [0.1, 0.15) is 44.5 Å². The van der Waals surface area contributed by atoms with Crippen LogP contribution in [0.25, 0.3) is 72.0 Å². The van der Waals surface area contributed by atoms with E-state index in [4.69, 9.17) is 0 Å². The zero-order valence-electron chi connectivity index (χ0n) is 41.6. The molecule has 16 rings (SSSR count). The first-order valence-corrected chi connectivity index (χ1v) is 26.5. The van der Waals surface area contributed by atoms with Gasteiger partial charge in [-0.1, -0.05) is 231 Å². The van der Waals surface area contributed by atoms with Crippen LogP contribution in [0.4, 0.5) is 17.1 Å². The molecule has 0 amide bonds. The fourth-order valence-corrected chi connectivity index (χ4v) is 14.2. The highest BCUT2D eigenvalue weighted by Gasteiger charge is 2.52. The normalized spacial score (nSPS) is 13.7. The Morgan fingerprint density at radius 2 is 0.684 bits per heavy atom. The summed E-state index contributed by atoms with van der Waals surface area (Å²) >= 11 is 0. The summed E-state index contributed by atoms with van der Waals surface area (Å²) in [5.41, 5.74) is 26.3. The smallest absolute Gasteiger partial charge is 0.0725 e. The molecule has 0 aliphatic heterocycles. The standard InChI is InChI=1S/C74H48N2/c1-4-21-49(22-5-1)50-39-41-53(42-40-50)75(54-43-45-68-61(47-54)60-31-14-19-36-67(60)74(68)65-34-17-12-29-58(65)59-30-13-18-35-66(59)74)55-44-46-70-62(48-55)72-69(37-20-38-71(72)76(70)52-25-8-3-9-26-52)73(51-23-6-2-7-24-51)63-32-15-10-27-56(63)57-28-11-16-33-64(57)73/h1-48H. The van der Waals surface area contributed by atoms with E-state index in [1.54, 1.807) is 0 Å². The molecular formula is C74H48N2. The number of para-hydroxylation sites is 1. The third-order valence-corrected chi connectivity index (χ3v) is 17.1. The van der Waals surface area contributed by atoms with Gasteiger partial charge in [0.15, 0.2) is 0 Å². The third kappa shape index (κ3) is 5.76. The summed E-state index contributed by atoms with van der Waals surface area (Å²) in [6.45, 7) is 0. The van der Waals surface area contributed by atoms with Gasteiger partial charge in [0.25, 0.3) is 0 Å². The first kappa shape index (κ1) is 42.7. The van der Waals surface area contributed by atoms with Gasteiger partial charge in [0.2, 0.25) is 0 Å². The number of rotatable bonds is 7. The minimum Gasteiger partial charge on any atom is -0.310 e. The number of nitrogens with zero attached hydrogens (tertiary/aromatic N) is 2. The van der Waals surface area contributed by atoms with Gasteiger partial charge in [-0.2, -0.15) is 0 Å². The van der Waals surface area contributed by atoms with Gasteiger partial charge in [-0.15, -0.1) is 0 Å². The van der Waals surface area contributed by atoms with E-state index in [2.05, 4.69) is 301 Å². The van der Waals surface area contributed by atoms with Crippen LogP contribution < -0.4 is 4.90 Å². The van der Waals surface area contributed by atoms with E-state index in [0.29, 0.717) is 0 Å². The molecule has 1 spiro atoms. The number of aromatic nitrogens is 1. The van der Waals surface area contributed by atoms with Crippen molar-refractivity contribution in [3.05, 3.63) is 336 Å². The molecule has 76 heavy (non-hydrogen) atoms. The molecule has 0 saturated heterocycles. The van der Waals surface area contributed by atoms with E-state index in [0.717, 1.165) is 28.3 Å². The number of benzene rings is 12. The number of fused-ring (bicyclic) bond motifs is 16. The third-order valence-electron chi connectivity index (χ3n) is 17.1. The van der Waals surface area contributed by atoms with Gasteiger partial charge in [-0.25, -0.2) is 0 Å². The molecule has 0 atom stereocenters. The summed E-state index contributed by atoms with van der Waals surface area (Å²) in [7, 11) is 0. The average Bonchev–Trinajstić information content (AvgIpc) is 4.37. The Labute approximate surface area is 442 Å². The molecule has 1 aromatic heterocycles. The first-order chi connectivity index (χ1) is 37.7. The Hall–Kier alpha value is -9.76. The van der Waals surface area contributed by atoms with E-state index >= 15 is 0 Å². The van der Waals surface area contributed by atoms with Crippen LogP contribution in [-0.2, 0) is 10.8 Å².